The molecule has 0 saturated heterocycles. The van der Waals surface area contributed by atoms with Gasteiger partial charge in [-0.1, -0.05) is 0 Å². The Hall–Kier alpha value is -0.220. The van der Waals surface area contributed by atoms with Gasteiger partial charge in [-0.25, -0.2) is 0 Å². The first kappa shape index (κ1) is 10.9. The van der Waals surface area contributed by atoms with E-state index in [1.54, 1.807) is 7.11 Å². The summed E-state index contributed by atoms with van der Waals surface area (Å²) in [6.07, 6.45) is 3.03. The van der Waals surface area contributed by atoms with Crippen molar-refractivity contribution in [3.63, 3.8) is 0 Å². The first-order chi connectivity index (χ1) is 6.24. The molecule has 13 heavy (non-hydrogen) atoms. The van der Waals surface area contributed by atoms with Gasteiger partial charge >= 0.3 is 0 Å². The molecule has 0 radical (unpaired) electrons. The average Bonchev–Trinajstić information content (AvgIpc) is 2.14. The molecule has 4 heteroatoms. The van der Waals surface area contributed by atoms with Crippen LogP contribution in [0.2, 0.25) is 0 Å². The molecule has 1 saturated carbocycles. The molecule has 0 bridgehead atoms. The molecule has 0 spiro atoms. The maximum absolute atomic E-state index is 11.6. The molecule has 0 aromatic rings. The van der Waals surface area contributed by atoms with Crippen molar-refractivity contribution in [1.29, 1.82) is 0 Å². The third-order valence-electron chi connectivity index (χ3n) is 2.30. The van der Waals surface area contributed by atoms with Crippen molar-refractivity contribution in [2.24, 2.45) is 0 Å². The quantitative estimate of drug-likeness (QED) is 0.683. The molecule has 1 aliphatic rings. The van der Waals surface area contributed by atoms with Crippen LogP contribution in [0.3, 0.4) is 0 Å². The van der Waals surface area contributed by atoms with Crippen LogP contribution >= 0.6 is 0 Å². The van der Waals surface area contributed by atoms with E-state index in [1.165, 1.54) is 0 Å². The second-order valence-corrected chi connectivity index (χ2v) is 5.17. The van der Waals surface area contributed by atoms with Crippen molar-refractivity contribution in [2.45, 2.75) is 30.9 Å². The molecule has 1 fully saturated rings. The maximum atomic E-state index is 11.6. The summed E-state index contributed by atoms with van der Waals surface area (Å²) in [6.45, 7) is 0.525. The van der Waals surface area contributed by atoms with Gasteiger partial charge in [-0.15, -0.1) is 0 Å². The second kappa shape index (κ2) is 5.50. The Kier molecular flexibility index (Phi) is 4.59. The van der Waals surface area contributed by atoms with Gasteiger partial charge in [-0.05, 0) is 12.8 Å². The van der Waals surface area contributed by atoms with Gasteiger partial charge in [-0.2, -0.15) is 0 Å². The number of hydrogen-bond donors (Lipinski definition) is 0. The molecule has 0 aliphatic heterocycles. The fraction of sp³-hybridized carbons (Fsp3) is 0.889. The minimum Gasteiger partial charge on any atom is -0.384 e. The van der Waals surface area contributed by atoms with E-state index in [4.69, 9.17) is 4.74 Å². The van der Waals surface area contributed by atoms with Crippen molar-refractivity contribution in [3.05, 3.63) is 0 Å². The zero-order valence-electron chi connectivity index (χ0n) is 7.95. The molecule has 0 aromatic heterocycles. The lowest BCUT2D eigenvalue weighted by atomic mass is 9.99. The Morgan fingerprint density at radius 2 is 2.38 bits per heavy atom. The molecular weight excluding hydrogens is 188 g/mol. The molecule has 3 nitrogen and oxygen atoms in total. The zero-order chi connectivity index (χ0) is 9.68. The van der Waals surface area contributed by atoms with E-state index in [2.05, 4.69) is 0 Å². The van der Waals surface area contributed by atoms with E-state index in [0.29, 0.717) is 25.2 Å². The van der Waals surface area contributed by atoms with Crippen molar-refractivity contribution >= 4 is 16.6 Å². The Labute approximate surface area is 81.3 Å². The van der Waals surface area contributed by atoms with Crippen molar-refractivity contribution < 1.29 is 13.7 Å². The monoisotopic (exact) mass is 204 g/mol. The minimum atomic E-state index is -0.873. The standard InChI is InChI=1S/C9H16O3S/c1-12-5-6-13(11)9-4-2-3-8(10)7-9/h9H,2-7H2,1H3. The molecule has 1 rings (SSSR count). The molecular formula is C9H16O3S. The summed E-state index contributed by atoms with van der Waals surface area (Å²) in [5.41, 5.74) is 0. The molecule has 2 atom stereocenters. The van der Waals surface area contributed by atoms with E-state index < -0.39 is 10.8 Å². The van der Waals surface area contributed by atoms with Crippen LogP contribution in [0.1, 0.15) is 25.7 Å². The van der Waals surface area contributed by atoms with Crippen molar-refractivity contribution in [3.8, 4) is 0 Å². The van der Waals surface area contributed by atoms with Gasteiger partial charge in [0.05, 0.1) is 6.61 Å². The molecule has 76 valence electrons. The van der Waals surface area contributed by atoms with Gasteiger partial charge < -0.3 is 4.74 Å². The van der Waals surface area contributed by atoms with Crippen LogP contribution in [0.4, 0.5) is 0 Å². The minimum absolute atomic E-state index is 0.0939. The summed E-state index contributed by atoms with van der Waals surface area (Å²) in [5, 5.41) is 0.0939. The largest absolute Gasteiger partial charge is 0.384 e. The second-order valence-electron chi connectivity index (χ2n) is 3.33. The van der Waals surface area contributed by atoms with Gasteiger partial charge in [-0.3, -0.25) is 9.00 Å². The number of carbonyl (C=O) groups excluding carboxylic acids is 1. The molecule has 2 unspecified atom stereocenters. The zero-order valence-corrected chi connectivity index (χ0v) is 8.77. The molecule has 1 aliphatic carbocycles. The number of carbonyl (C=O) groups is 1. The van der Waals surface area contributed by atoms with Crippen molar-refractivity contribution in [2.75, 3.05) is 19.5 Å². The Morgan fingerprint density at radius 1 is 1.62 bits per heavy atom. The first-order valence-corrected chi connectivity index (χ1v) is 6.00. The van der Waals surface area contributed by atoms with Gasteiger partial charge in [0, 0.05) is 41.8 Å². The van der Waals surface area contributed by atoms with Crippen LogP contribution in [-0.4, -0.2) is 34.7 Å². The van der Waals surface area contributed by atoms with E-state index >= 15 is 0 Å². The van der Waals surface area contributed by atoms with Crippen LogP contribution in [0.15, 0.2) is 0 Å². The Morgan fingerprint density at radius 3 is 3.00 bits per heavy atom. The fourth-order valence-electron chi connectivity index (χ4n) is 1.54. The highest BCUT2D eigenvalue weighted by atomic mass is 32.2. The third kappa shape index (κ3) is 3.56. The summed E-state index contributed by atoms with van der Waals surface area (Å²) in [5.74, 6) is 0.830. The Bertz CT molecular complexity index is 203. The predicted molar refractivity (Wildman–Crippen MR) is 52.1 cm³/mol. The highest BCUT2D eigenvalue weighted by Gasteiger charge is 2.23. The van der Waals surface area contributed by atoms with Gasteiger partial charge in [0.25, 0.3) is 0 Å². The average molecular weight is 204 g/mol. The van der Waals surface area contributed by atoms with E-state index in [9.17, 15) is 9.00 Å². The summed E-state index contributed by atoms with van der Waals surface area (Å²) < 4.78 is 16.4. The predicted octanol–water partition coefficient (Wildman–Crippen LogP) is 0.893. The lowest BCUT2D eigenvalue weighted by molar-refractivity contribution is -0.120. The molecule has 0 amide bonds. The van der Waals surface area contributed by atoms with Gasteiger partial charge in [0.15, 0.2) is 0 Å². The van der Waals surface area contributed by atoms with E-state index in [1.807, 2.05) is 0 Å². The number of methoxy groups -OCH3 is 1. The normalized spacial score (nSPS) is 25.9. The van der Waals surface area contributed by atoms with Crippen LogP contribution < -0.4 is 0 Å². The lowest BCUT2D eigenvalue weighted by Crippen LogP contribution is -2.26. The summed E-state index contributed by atoms with van der Waals surface area (Å²) in [7, 11) is 0.728. The van der Waals surface area contributed by atoms with Crippen LogP contribution in [0, 0.1) is 0 Å². The number of rotatable bonds is 4. The topological polar surface area (TPSA) is 43.4 Å². The van der Waals surface area contributed by atoms with E-state index in [0.717, 1.165) is 12.8 Å². The third-order valence-corrected chi connectivity index (χ3v) is 4.01. The number of ether oxygens (including phenoxy) is 1. The van der Waals surface area contributed by atoms with Crippen LogP contribution in [-0.2, 0) is 20.3 Å². The first-order valence-electron chi connectivity index (χ1n) is 4.62. The van der Waals surface area contributed by atoms with Crippen LogP contribution in [0.5, 0.6) is 0 Å². The number of hydrogen-bond acceptors (Lipinski definition) is 3. The summed E-state index contributed by atoms with van der Waals surface area (Å²) in [4.78, 5) is 11.1. The van der Waals surface area contributed by atoms with Gasteiger partial charge in [0.2, 0.25) is 0 Å². The smallest absolute Gasteiger partial charge is 0.134 e. The van der Waals surface area contributed by atoms with E-state index in [-0.39, 0.29) is 11.0 Å². The molecule has 0 heterocycles. The fourth-order valence-corrected chi connectivity index (χ4v) is 3.01. The SMILES string of the molecule is COCCS(=O)C1CCCC(=O)C1. The van der Waals surface area contributed by atoms with Crippen molar-refractivity contribution in [1.82, 2.24) is 0 Å². The lowest BCUT2D eigenvalue weighted by Gasteiger charge is -2.19. The molecule has 0 aromatic carbocycles. The summed E-state index contributed by atoms with van der Waals surface area (Å²) >= 11 is 0. The number of ketones is 1. The maximum Gasteiger partial charge on any atom is 0.134 e. The summed E-state index contributed by atoms with van der Waals surface area (Å²) in [6, 6.07) is 0. The molecule has 0 N–H and O–H groups in total. The highest BCUT2D eigenvalue weighted by Crippen LogP contribution is 2.19. The number of Topliss-reactive ketones (excluding diaryl/α,β-unsaturated/α-hetero) is 1. The Balaban J connectivity index is 2.32. The van der Waals surface area contributed by atoms with Crippen LogP contribution in [0.25, 0.3) is 0 Å². The van der Waals surface area contributed by atoms with Gasteiger partial charge in [0.1, 0.15) is 5.78 Å². The highest BCUT2D eigenvalue weighted by molar-refractivity contribution is 7.85.